The molecule has 9 heteroatoms. The molecule has 158 valence electrons. The van der Waals surface area contributed by atoms with Crippen LogP contribution in [0.5, 0.6) is 5.75 Å². The van der Waals surface area contributed by atoms with E-state index in [1.54, 1.807) is 7.05 Å². The third-order valence-electron chi connectivity index (χ3n) is 4.18. The van der Waals surface area contributed by atoms with Gasteiger partial charge in [-0.3, -0.25) is 4.99 Å². The maximum absolute atomic E-state index is 12.7. The minimum absolute atomic E-state index is 0.185. The molecule has 0 radical (unpaired) electrons. The minimum atomic E-state index is -4.38. The highest BCUT2D eigenvalue weighted by molar-refractivity contribution is 5.79. The number of rotatable bonds is 10. The van der Waals surface area contributed by atoms with Crippen LogP contribution in [0, 0.1) is 5.92 Å². The fourth-order valence-electron chi connectivity index (χ4n) is 2.67. The molecule has 1 fully saturated rings. The van der Waals surface area contributed by atoms with E-state index >= 15 is 0 Å². The molecule has 2 rings (SSSR count). The van der Waals surface area contributed by atoms with E-state index in [-0.39, 0.29) is 12.4 Å². The molecule has 1 heterocycles. The SMILES string of the molecule is CN=C(NCCCOCC1CCOC1)NCCOc1cccc(C(F)(F)F)c1. The highest BCUT2D eigenvalue weighted by Crippen LogP contribution is 2.31. The number of aliphatic imine (C=N–C) groups is 1. The van der Waals surface area contributed by atoms with Crippen molar-refractivity contribution in [1.29, 1.82) is 0 Å². The number of halogens is 3. The molecule has 1 aromatic rings. The lowest BCUT2D eigenvalue weighted by Gasteiger charge is -2.14. The van der Waals surface area contributed by atoms with E-state index < -0.39 is 11.7 Å². The summed E-state index contributed by atoms with van der Waals surface area (Å²) in [7, 11) is 1.65. The summed E-state index contributed by atoms with van der Waals surface area (Å²) in [5.74, 6) is 1.31. The third kappa shape index (κ3) is 8.35. The second-order valence-corrected chi connectivity index (χ2v) is 6.46. The van der Waals surface area contributed by atoms with Crippen molar-refractivity contribution in [2.24, 2.45) is 10.9 Å². The van der Waals surface area contributed by atoms with Gasteiger partial charge in [-0.2, -0.15) is 13.2 Å². The first-order valence-electron chi connectivity index (χ1n) is 9.39. The van der Waals surface area contributed by atoms with E-state index in [1.807, 2.05) is 0 Å². The summed E-state index contributed by atoms with van der Waals surface area (Å²) in [5.41, 5.74) is -0.724. The Morgan fingerprint density at radius 1 is 1.25 bits per heavy atom. The van der Waals surface area contributed by atoms with Crippen LogP contribution in [0.4, 0.5) is 13.2 Å². The molecule has 1 unspecified atom stereocenters. The Morgan fingerprint density at radius 2 is 2.07 bits per heavy atom. The molecule has 0 bridgehead atoms. The van der Waals surface area contributed by atoms with Gasteiger partial charge in [-0.1, -0.05) is 6.07 Å². The Morgan fingerprint density at radius 3 is 2.79 bits per heavy atom. The Kier molecular flexibility index (Phi) is 9.36. The van der Waals surface area contributed by atoms with Gasteiger partial charge in [-0.15, -0.1) is 0 Å². The van der Waals surface area contributed by atoms with Crippen molar-refractivity contribution in [3.05, 3.63) is 29.8 Å². The first kappa shape index (κ1) is 22.3. The Balaban J connectivity index is 1.54. The van der Waals surface area contributed by atoms with Gasteiger partial charge in [0.15, 0.2) is 5.96 Å². The van der Waals surface area contributed by atoms with Crippen LogP contribution >= 0.6 is 0 Å². The predicted octanol–water partition coefficient (Wildman–Crippen LogP) is 2.69. The van der Waals surface area contributed by atoms with Crippen molar-refractivity contribution in [3.63, 3.8) is 0 Å². The highest BCUT2D eigenvalue weighted by atomic mass is 19.4. The molecule has 0 spiro atoms. The van der Waals surface area contributed by atoms with Gasteiger partial charge in [0.05, 0.1) is 25.3 Å². The first-order valence-corrected chi connectivity index (χ1v) is 9.39. The summed E-state index contributed by atoms with van der Waals surface area (Å²) >= 11 is 0. The van der Waals surface area contributed by atoms with Gasteiger partial charge < -0.3 is 24.8 Å². The van der Waals surface area contributed by atoms with Gasteiger partial charge in [0.25, 0.3) is 0 Å². The van der Waals surface area contributed by atoms with E-state index in [4.69, 9.17) is 14.2 Å². The summed E-state index contributed by atoms with van der Waals surface area (Å²) in [6.07, 6.45) is -2.47. The number of alkyl halides is 3. The topological polar surface area (TPSA) is 64.1 Å². The molecule has 1 aromatic carbocycles. The smallest absolute Gasteiger partial charge is 0.416 e. The zero-order chi connectivity index (χ0) is 20.2. The van der Waals surface area contributed by atoms with Crippen LogP contribution in [0.2, 0.25) is 0 Å². The maximum Gasteiger partial charge on any atom is 0.416 e. The van der Waals surface area contributed by atoms with Crippen LogP contribution in [-0.4, -0.2) is 59.1 Å². The van der Waals surface area contributed by atoms with Gasteiger partial charge in [0, 0.05) is 32.7 Å². The molecular formula is C19H28F3N3O3. The highest BCUT2D eigenvalue weighted by Gasteiger charge is 2.30. The predicted molar refractivity (Wildman–Crippen MR) is 101 cm³/mol. The largest absolute Gasteiger partial charge is 0.492 e. The molecule has 0 amide bonds. The van der Waals surface area contributed by atoms with Crippen LogP contribution in [0.15, 0.2) is 29.3 Å². The monoisotopic (exact) mass is 403 g/mol. The summed E-state index contributed by atoms with van der Waals surface area (Å²) in [5, 5.41) is 6.21. The average Bonchev–Trinajstić information content (AvgIpc) is 3.19. The molecule has 6 nitrogen and oxygen atoms in total. The van der Waals surface area contributed by atoms with Gasteiger partial charge in [0.2, 0.25) is 0 Å². The Labute approximate surface area is 163 Å². The Hall–Kier alpha value is -2.00. The van der Waals surface area contributed by atoms with Crippen molar-refractivity contribution in [1.82, 2.24) is 10.6 Å². The van der Waals surface area contributed by atoms with Crippen LogP contribution in [-0.2, 0) is 15.7 Å². The summed E-state index contributed by atoms with van der Waals surface area (Å²) in [4.78, 5) is 4.09. The molecule has 28 heavy (non-hydrogen) atoms. The molecule has 0 aliphatic carbocycles. The first-order chi connectivity index (χ1) is 13.5. The number of nitrogens with zero attached hydrogens (tertiary/aromatic N) is 1. The van der Waals surface area contributed by atoms with E-state index in [0.717, 1.165) is 44.8 Å². The zero-order valence-electron chi connectivity index (χ0n) is 16.1. The van der Waals surface area contributed by atoms with Crippen molar-refractivity contribution >= 4 is 5.96 Å². The standard InChI is InChI=1S/C19H28F3N3O3/c1-23-18(24-7-3-9-26-13-15-6-10-27-14-15)25-8-11-28-17-5-2-4-16(12-17)19(20,21)22/h2,4-5,12,15H,3,6-11,13-14H2,1H3,(H2,23,24,25). The summed E-state index contributed by atoms with van der Waals surface area (Å²) < 4.78 is 54.3. The molecule has 1 saturated heterocycles. The van der Waals surface area contributed by atoms with Crippen molar-refractivity contribution in [2.45, 2.75) is 19.0 Å². The Bertz CT molecular complexity index is 606. The van der Waals surface area contributed by atoms with Gasteiger partial charge in [0.1, 0.15) is 12.4 Å². The maximum atomic E-state index is 12.7. The lowest BCUT2D eigenvalue weighted by atomic mass is 10.1. The average molecular weight is 403 g/mol. The van der Waals surface area contributed by atoms with Crippen LogP contribution in [0.3, 0.4) is 0 Å². The number of benzene rings is 1. The van der Waals surface area contributed by atoms with E-state index in [9.17, 15) is 13.2 Å². The third-order valence-corrected chi connectivity index (χ3v) is 4.18. The fraction of sp³-hybridized carbons (Fsp3) is 0.632. The molecule has 0 aromatic heterocycles. The van der Waals surface area contributed by atoms with Crippen molar-refractivity contribution in [3.8, 4) is 5.75 Å². The molecule has 1 atom stereocenters. The molecule has 2 N–H and O–H groups in total. The van der Waals surface area contributed by atoms with Crippen LogP contribution in [0.25, 0.3) is 0 Å². The zero-order valence-corrected chi connectivity index (χ0v) is 16.1. The molecular weight excluding hydrogens is 375 g/mol. The minimum Gasteiger partial charge on any atom is -0.492 e. The van der Waals surface area contributed by atoms with Gasteiger partial charge >= 0.3 is 6.18 Å². The van der Waals surface area contributed by atoms with E-state index in [2.05, 4.69) is 15.6 Å². The lowest BCUT2D eigenvalue weighted by Crippen LogP contribution is -2.39. The van der Waals surface area contributed by atoms with Crippen LogP contribution in [0.1, 0.15) is 18.4 Å². The second-order valence-electron chi connectivity index (χ2n) is 6.46. The van der Waals surface area contributed by atoms with Crippen LogP contribution < -0.4 is 15.4 Å². The van der Waals surface area contributed by atoms with Crippen molar-refractivity contribution in [2.75, 3.05) is 53.2 Å². The van der Waals surface area contributed by atoms with Gasteiger partial charge in [-0.05, 0) is 31.0 Å². The normalized spacial score (nSPS) is 17.6. The van der Waals surface area contributed by atoms with Crippen molar-refractivity contribution < 1.29 is 27.4 Å². The molecule has 0 saturated carbocycles. The number of hydrogen-bond acceptors (Lipinski definition) is 4. The van der Waals surface area contributed by atoms with E-state index in [1.165, 1.54) is 12.1 Å². The van der Waals surface area contributed by atoms with E-state index in [0.29, 0.717) is 31.6 Å². The summed E-state index contributed by atoms with van der Waals surface area (Å²) in [6.45, 7) is 4.35. The van der Waals surface area contributed by atoms with Gasteiger partial charge in [-0.25, -0.2) is 0 Å². The molecule has 1 aliphatic rings. The number of ether oxygens (including phenoxy) is 3. The summed E-state index contributed by atoms with van der Waals surface area (Å²) in [6, 6.07) is 4.83. The number of nitrogens with one attached hydrogen (secondary N) is 2. The second kappa shape index (κ2) is 11.8. The quantitative estimate of drug-likeness (QED) is 0.357. The lowest BCUT2D eigenvalue weighted by molar-refractivity contribution is -0.137. The number of guanidine groups is 1. The number of hydrogen-bond donors (Lipinski definition) is 2. The fourth-order valence-corrected chi connectivity index (χ4v) is 2.67. The molecule has 1 aliphatic heterocycles.